The standard InChI is InChI=1S/C54H55BN2S/c1-51(2,3)35-30-34(31-36(32-35)52(4,5)6)38-18-11-14-21-43(38)57-44-22-15-13-20-42(44)55-48-45(23-17-24-46(48)57)56(49-39-19-12-16-25-47(39)58-50(49)55)37-26-27-40-41(33-37)54(9,10)29-28-53(40,7)8/h11-27,30-33H,28-29H2,1-10H3. The van der Waals surface area contributed by atoms with Crippen molar-refractivity contribution >= 4 is 78.0 Å². The number of hydrogen-bond donors (Lipinski definition) is 0. The van der Waals surface area contributed by atoms with Crippen molar-refractivity contribution in [3.05, 3.63) is 150 Å². The smallest absolute Gasteiger partial charge is 0.264 e. The Balaban J connectivity index is 1.25. The van der Waals surface area contributed by atoms with Gasteiger partial charge in [-0.25, -0.2) is 0 Å². The number of fused-ring (bicyclic) bond motifs is 7. The van der Waals surface area contributed by atoms with Gasteiger partial charge in [-0.1, -0.05) is 154 Å². The number of rotatable bonds is 3. The molecule has 10 rings (SSSR count). The Bertz CT molecular complexity index is 2760. The van der Waals surface area contributed by atoms with Gasteiger partial charge in [0.15, 0.2) is 0 Å². The number of para-hydroxylation sites is 2. The minimum Gasteiger partial charge on any atom is -0.311 e. The summed E-state index contributed by atoms with van der Waals surface area (Å²) in [4.78, 5) is 5.21. The number of nitrogens with zero attached hydrogens (tertiary/aromatic N) is 2. The first-order chi connectivity index (χ1) is 27.5. The minimum absolute atomic E-state index is 0.0153. The second-order valence-corrected chi connectivity index (χ2v) is 21.6. The first kappa shape index (κ1) is 37.2. The first-order valence-corrected chi connectivity index (χ1v) is 22.1. The molecule has 0 radical (unpaired) electrons. The highest BCUT2D eigenvalue weighted by Crippen LogP contribution is 2.52. The zero-order valence-corrected chi connectivity index (χ0v) is 36.7. The van der Waals surface area contributed by atoms with Crippen LogP contribution < -0.4 is 25.5 Å². The third kappa shape index (κ3) is 5.65. The number of benzene rings is 6. The van der Waals surface area contributed by atoms with Gasteiger partial charge in [-0.3, -0.25) is 0 Å². The van der Waals surface area contributed by atoms with Crippen molar-refractivity contribution in [2.45, 2.75) is 104 Å². The molecule has 4 heteroatoms. The van der Waals surface area contributed by atoms with Crippen LogP contribution >= 0.6 is 11.3 Å². The van der Waals surface area contributed by atoms with Crippen LogP contribution in [0, 0.1) is 0 Å². The van der Waals surface area contributed by atoms with Crippen LogP contribution in [-0.2, 0) is 21.7 Å². The third-order valence-electron chi connectivity index (χ3n) is 13.6. The SMILES string of the molecule is CC(C)(C)c1cc(-c2ccccc2N2c3ccccc3B3c4sc5ccccc5c4N(c4ccc5c(c4)C(C)(C)CCC5(C)C)c4cccc2c43)cc(C(C)(C)C)c1. The molecule has 0 N–H and O–H groups in total. The molecule has 0 atom stereocenters. The molecule has 6 aromatic carbocycles. The Morgan fingerprint density at radius 1 is 0.552 bits per heavy atom. The Hall–Kier alpha value is -5.06. The van der Waals surface area contributed by atoms with Crippen molar-refractivity contribution < 1.29 is 0 Å². The molecule has 2 aliphatic heterocycles. The van der Waals surface area contributed by atoms with Gasteiger partial charge < -0.3 is 9.80 Å². The fourth-order valence-corrected chi connectivity index (χ4v) is 11.4. The van der Waals surface area contributed by atoms with Gasteiger partial charge in [-0.15, -0.1) is 11.3 Å². The fraction of sp³-hybridized carbons (Fsp3) is 0.296. The molecule has 3 heterocycles. The molecule has 0 bridgehead atoms. The topological polar surface area (TPSA) is 6.48 Å². The van der Waals surface area contributed by atoms with E-state index in [9.17, 15) is 0 Å². The summed E-state index contributed by atoms with van der Waals surface area (Å²) in [6.07, 6.45) is 2.39. The molecule has 0 saturated heterocycles. The second-order valence-electron chi connectivity index (χ2n) is 20.5. The van der Waals surface area contributed by atoms with Crippen LogP contribution in [0.15, 0.2) is 127 Å². The highest BCUT2D eigenvalue weighted by atomic mass is 32.1. The molecule has 1 aromatic heterocycles. The lowest BCUT2D eigenvalue weighted by atomic mass is 9.36. The van der Waals surface area contributed by atoms with Crippen molar-refractivity contribution in [1.82, 2.24) is 0 Å². The van der Waals surface area contributed by atoms with Gasteiger partial charge in [0.25, 0.3) is 6.71 Å². The Morgan fingerprint density at radius 2 is 1.14 bits per heavy atom. The van der Waals surface area contributed by atoms with E-state index in [2.05, 4.69) is 206 Å². The van der Waals surface area contributed by atoms with Crippen LogP contribution in [0.5, 0.6) is 0 Å². The summed E-state index contributed by atoms with van der Waals surface area (Å²) in [5.74, 6) is 0. The van der Waals surface area contributed by atoms with E-state index in [1.165, 1.54) is 106 Å². The van der Waals surface area contributed by atoms with Gasteiger partial charge in [0.05, 0.1) is 11.4 Å². The highest BCUT2D eigenvalue weighted by Gasteiger charge is 2.46. The van der Waals surface area contributed by atoms with Crippen LogP contribution in [0.25, 0.3) is 21.2 Å². The maximum atomic E-state index is 2.63. The highest BCUT2D eigenvalue weighted by molar-refractivity contribution is 7.33. The molecule has 7 aromatic rings. The summed E-state index contributed by atoms with van der Waals surface area (Å²) < 4.78 is 2.76. The van der Waals surface area contributed by atoms with Gasteiger partial charge in [0.1, 0.15) is 0 Å². The lowest BCUT2D eigenvalue weighted by Gasteiger charge is -2.45. The number of anilines is 6. The van der Waals surface area contributed by atoms with E-state index in [0.717, 1.165) is 0 Å². The zero-order valence-electron chi connectivity index (χ0n) is 35.9. The Kier molecular flexibility index (Phi) is 8.17. The van der Waals surface area contributed by atoms with Gasteiger partial charge in [-0.05, 0) is 116 Å². The molecule has 290 valence electrons. The van der Waals surface area contributed by atoms with E-state index in [-0.39, 0.29) is 28.4 Å². The summed E-state index contributed by atoms with van der Waals surface area (Å²) in [7, 11) is 0. The van der Waals surface area contributed by atoms with Crippen LogP contribution in [-0.4, -0.2) is 6.71 Å². The molecule has 3 aliphatic rings. The molecule has 0 fully saturated rings. The first-order valence-electron chi connectivity index (χ1n) is 21.3. The lowest BCUT2D eigenvalue weighted by molar-refractivity contribution is 0.332. The predicted molar refractivity (Wildman–Crippen MR) is 254 cm³/mol. The van der Waals surface area contributed by atoms with Crippen molar-refractivity contribution in [3.8, 4) is 11.1 Å². The summed E-state index contributed by atoms with van der Waals surface area (Å²) in [6, 6.07) is 49.2. The van der Waals surface area contributed by atoms with Crippen molar-refractivity contribution in [2.75, 3.05) is 9.80 Å². The molecule has 1 aliphatic carbocycles. The summed E-state index contributed by atoms with van der Waals surface area (Å²) >= 11 is 1.97. The van der Waals surface area contributed by atoms with E-state index in [4.69, 9.17) is 0 Å². The Morgan fingerprint density at radius 3 is 1.84 bits per heavy atom. The maximum Gasteiger partial charge on any atom is 0.264 e. The molecular formula is C54H55BN2S. The van der Waals surface area contributed by atoms with Crippen LogP contribution in [0.4, 0.5) is 34.1 Å². The van der Waals surface area contributed by atoms with E-state index in [0.29, 0.717) is 0 Å². The zero-order chi connectivity index (χ0) is 40.5. The Labute approximate surface area is 350 Å². The van der Waals surface area contributed by atoms with Gasteiger partial charge >= 0.3 is 0 Å². The van der Waals surface area contributed by atoms with Crippen LogP contribution in [0.1, 0.15) is 104 Å². The number of hydrogen-bond acceptors (Lipinski definition) is 3. The average molecular weight is 775 g/mol. The molecule has 0 spiro atoms. The monoisotopic (exact) mass is 774 g/mol. The third-order valence-corrected chi connectivity index (χ3v) is 14.8. The van der Waals surface area contributed by atoms with Crippen molar-refractivity contribution in [1.29, 1.82) is 0 Å². The molecular weight excluding hydrogens is 719 g/mol. The van der Waals surface area contributed by atoms with Crippen LogP contribution in [0.3, 0.4) is 0 Å². The predicted octanol–water partition coefficient (Wildman–Crippen LogP) is 13.6. The molecule has 0 unspecified atom stereocenters. The van der Waals surface area contributed by atoms with E-state index in [1.54, 1.807) is 0 Å². The molecule has 58 heavy (non-hydrogen) atoms. The summed E-state index contributed by atoms with van der Waals surface area (Å²) in [5.41, 5.74) is 18.8. The normalized spacial score (nSPS) is 16.5. The second kappa shape index (κ2) is 12.7. The molecule has 2 nitrogen and oxygen atoms in total. The van der Waals surface area contributed by atoms with E-state index in [1.807, 2.05) is 11.3 Å². The fourth-order valence-electron chi connectivity index (χ4n) is 10.1. The maximum absolute atomic E-state index is 2.63. The molecule has 0 amide bonds. The van der Waals surface area contributed by atoms with Crippen molar-refractivity contribution in [2.24, 2.45) is 0 Å². The van der Waals surface area contributed by atoms with Crippen LogP contribution in [0.2, 0.25) is 0 Å². The quantitative estimate of drug-likeness (QED) is 0.165. The number of thiophene rings is 1. The molecule has 0 saturated carbocycles. The van der Waals surface area contributed by atoms with Gasteiger partial charge in [-0.2, -0.15) is 0 Å². The van der Waals surface area contributed by atoms with Gasteiger partial charge in [0.2, 0.25) is 0 Å². The lowest BCUT2D eigenvalue weighted by Crippen LogP contribution is -2.60. The van der Waals surface area contributed by atoms with E-state index >= 15 is 0 Å². The summed E-state index contributed by atoms with van der Waals surface area (Å²) in [5, 5.41) is 1.33. The summed E-state index contributed by atoms with van der Waals surface area (Å²) in [6.45, 7) is 23.9. The average Bonchev–Trinajstić information content (AvgIpc) is 3.58. The minimum atomic E-state index is 0.0153. The van der Waals surface area contributed by atoms with E-state index < -0.39 is 0 Å². The van der Waals surface area contributed by atoms with Gasteiger partial charge in [0, 0.05) is 43.2 Å². The largest absolute Gasteiger partial charge is 0.311 e. The van der Waals surface area contributed by atoms with Crippen molar-refractivity contribution in [3.63, 3.8) is 0 Å².